The number of imide groups is 1. The first-order valence-electron chi connectivity index (χ1n) is 6.23. The molecule has 0 aromatic heterocycles. The Labute approximate surface area is 130 Å². The number of likely N-dealkylation sites (N-methyl/N-ethyl adjacent to an activating group) is 1. The van der Waals surface area contributed by atoms with Crippen molar-refractivity contribution in [3.8, 4) is 0 Å². The number of carbonyl (C=O) groups is 3. The average molecular weight is 359 g/mol. The quantitative estimate of drug-likeness (QED) is 0.536. The maximum absolute atomic E-state index is 12.4. The monoisotopic (exact) mass is 358 g/mol. The van der Waals surface area contributed by atoms with Gasteiger partial charge in [-0.1, -0.05) is 0 Å². The van der Waals surface area contributed by atoms with Gasteiger partial charge in [0.15, 0.2) is 16.6 Å². The van der Waals surface area contributed by atoms with Crippen LogP contribution in [-0.4, -0.2) is 63.5 Å². The van der Waals surface area contributed by atoms with Crippen LogP contribution in [0.5, 0.6) is 0 Å². The lowest BCUT2D eigenvalue weighted by Gasteiger charge is -2.29. The van der Waals surface area contributed by atoms with Crippen molar-refractivity contribution in [2.45, 2.75) is 32.4 Å². The van der Waals surface area contributed by atoms with E-state index in [2.05, 4.69) is 25.9 Å². The van der Waals surface area contributed by atoms with E-state index in [1.807, 2.05) is 0 Å². The highest BCUT2D eigenvalue weighted by Gasteiger charge is 2.45. The first kappa shape index (κ1) is 15.6. The topological polar surface area (TPSA) is 91.6 Å². The highest BCUT2D eigenvalue weighted by molar-refractivity contribution is 9.18. The van der Waals surface area contributed by atoms with Crippen LogP contribution < -0.4 is 0 Å². The van der Waals surface area contributed by atoms with Crippen molar-refractivity contribution in [3.63, 3.8) is 0 Å². The lowest BCUT2D eigenvalue weighted by atomic mass is 10.2. The first-order chi connectivity index (χ1) is 9.60. The van der Waals surface area contributed by atoms with Gasteiger partial charge in [-0.15, -0.1) is 0 Å². The molecule has 2 rings (SSSR count). The van der Waals surface area contributed by atoms with Gasteiger partial charge >= 0.3 is 12.0 Å². The van der Waals surface area contributed by atoms with Gasteiger partial charge in [0, 0.05) is 7.05 Å². The minimum Gasteiger partial charge on any atom is -0.459 e. The molecule has 0 saturated heterocycles. The maximum atomic E-state index is 12.4. The molecule has 0 aliphatic carbocycles. The fourth-order valence-corrected chi connectivity index (χ4v) is 2.31. The molecule has 0 bridgehead atoms. The number of hydrogen-bond donors (Lipinski definition) is 0. The van der Waals surface area contributed by atoms with Gasteiger partial charge < -0.3 is 9.64 Å². The van der Waals surface area contributed by atoms with Crippen molar-refractivity contribution in [2.75, 3.05) is 13.6 Å². The third-order valence-electron chi connectivity index (χ3n) is 2.78. The standard InChI is InChI=1S/C12H15BrN4O4/c1-12(2,3)21-6(18)5-17-9(19)7-8(15-11(17)20)14-10(13)16(7)4/h7H,5H2,1-4H3/t7-/m1/s1. The summed E-state index contributed by atoms with van der Waals surface area (Å²) in [5.74, 6) is -1.08. The van der Waals surface area contributed by atoms with Gasteiger partial charge in [-0.3, -0.25) is 9.59 Å². The second-order valence-electron chi connectivity index (χ2n) is 5.66. The third kappa shape index (κ3) is 3.12. The van der Waals surface area contributed by atoms with Crippen molar-refractivity contribution in [1.29, 1.82) is 0 Å². The molecule has 0 aromatic carbocycles. The molecule has 2 aliphatic heterocycles. The number of urea groups is 1. The Hall–Kier alpha value is -1.77. The van der Waals surface area contributed by atoms with Crippen molar-refractivity contribution in [2.24, 2.45) is 9.98 Å². The summed E-state index contributed by atoms with van der Waals surface area (Å²) in [6.07, 6.45) is 0. The molecule has 0 saturated carbocycles. The Morgan fingerprint density at radius 1 is 1.33 bits per heavy atom. The molecule has 0 unspecified atom stereocenters. The van der Waals surface area contributed by atoms with Gasteiger partial charge in [-0.05, 0) is 36.7 Å². The first-order valence-corrected chi connectivity index (χ1v) is 7.02. The summed E-state index contributed by atoms with van der Waals surface area (Å²) in [5.41, 5.74) is -0.691. The summed E-state index contributed by atoms with van der Waals surface area (Å²) in [6, 6.07) is -1.60. The maximum Gasteiger partial charge on any atom is 0.352 e. The molecule has 3 amide bonds. The Balaban J connectivity index is 2.16. The number of hydrogen-bond acceptors (Lipinski definition) is 6. The molecule has 1 atom stereocenters. The van der Waals surface area contributed by atoms with Crippen LogP contribution in [0.3, 0.4) is 0 Å². The van der Waals surface area contributed by atoms with Crippen LogP contribution in [0.2, 0.25) is 0 Å². The molecule has 0 spiro atoms. The molecule has 8 nitrogen and oxygen atoms in total. The normalized spacial score (nSPS) is 22.0. The minimum atomic E-state index is -0.809. The molecule has 21 heavy (non-hydrogen) atoms. The van der Waals surface area contributed by atoms with Gasteiger partial charge in [0.05, 0.1) is 0 Å². The van der Waals surface area contributed by atoms with Crippen molar-refractivity contribution in [3.05, 3.63) is 0 Å². The van der Waals surface area contributed by atoms with Crippen molar-refractivity contribution >= 4 is 44.4 Å². The molecule has 9 heteroatoms. The number of ether oxygens (including phenoxy) is 1. The van der Waals surface area contributed by atoms with E-state index in [1.54, 1.807) is 27.8 Å². The second kappa shape index (κ2) is 5.21. The van der Waals surface area contributed by atoms with E-state index >= 15 is 0 Å². The molecular formula is C12H15BrN4O4. The number of halogens is 1. The average Bonchev–Trinajstić information content (AvgIpc) is 2.58. The molecule has 0 N–H and O–H groups in total. The van der Waals surface area contributed by atoms with E-state index in [4.69, 9.17) is 4.74 Å². The van der Waals surface area contributed by atoms with Crippen LogP contribution in [0.15, 0.2) is 9.98 Å². The zero-order valence-electron chi connectivity index (χ0n) is 12.1. The van der Waals surface area contributed by atoms with E-state index in [0.29, 0.717) is 4.74 Å². The van der Waals surface area contributed by atoms with Crippen LogP contribution in [0, 0.1) is 0 Å². The van der Waals surface area contributed by atoms with E-state index in [0.717, 1.165) is 4.90 Å². The van der Waals surface area contributed by atoms with Gasteiger partial charge in [-0.25, -0.2) is 14.7 Å². The predicted molar refractivity (Wildman–Crippen MR) is 78.3 cm³/mol. The Morgan fingerprint density at radius 2 is 1.95 bits per heavy atom. The zero-order chi connectivity index (χ0) is 15.9. The van der Waals surface area contributed by atoms with Crippen LogP contribution in [0.1, 0.15) is 20.8 Å². The van der Waals surface area contributed by atoms with Crippen molar-refractivity contribution < 1.29 is 19.1 Å². The fourth-order valence-electron chi connectivity index (χ4n) is 1.93. The molecule has 114 valence electrons. The summed E-state index contributed by atoms with van der Waals surface area (Å²) in [6.45, 7) is 4.65. The number of amides is 3. The van der Waals surface area contributed by atoms with Gasteiger partial charge in [0.25, 0.3) is 5.91 Å². The Morgan fingerprint density at radius 3 is 2.52 bits per heavy atom. The van der Waals surface area contributed by atoms with E-state index in [9.17, 15) is 14.4 Å². The number of carbonyl (C=O) groups excluding carboxylic acids is 3. The van der Waals surface area contributed by atoms with E-state index < -0.39 is 36.1 Å². The zero-order valence-corrected chi connectivity index (χ0v) is 13.7. The lowest BCUT2D eigenvalue weighted by Crippen LogP contribution is -2.55. The smallest absolute Gasteiger partial charge is 0.352 e. The van der Waals surface area contributed by atoms with Crippen LogP contribution in [-0.2, 0) is 14.3 Å². The third-order valence-corrected chi connectivity index (χ3v) is 3.51. The highest BCUT2D eigenvalue weighted by Crippen LogP contribution is 2.22. The fraction of sp³-hybridized carbons (Fsp3) is 0.583. The molecule has 0 fully saturated rings. The minimum absolute atomic E-state index is 0.125. The summed E-state index contributed by atoms with van der Waals surface area (Å²) < 4.78 is 5.52. The molecule has 0 radical (unpaired) electrons. The SMILES string of the molecule is CN1C(Br)=NC2=NC(=O)N(CC(=O)OC(C)(C)C)C(=O)[C@@H]21. The van der Waals surface area contributed by atoms with E-state index in [-0.39, 0.29) is 5.84 Å². The number of amidine groups is 2. The number of aliphatic imine (C=N–C) groups is 2. The second-order valence-corrected chi connectivity index (χ2v) is 6.37. The number of rotatable bonds is 2. The summed E-state index contributed by atoms with van der Waals surface area (Å²) in [5, 5.41) is 0. The summed E-state index contributed by atoms with van der Waals surface area (Å²) in [7, 11) is 1.64. The van der Waals surface area contributed by atoms with Crippen LogP contribution in [0.25, 0.3) is 0 Å². The number of esters is 1. The Kier molecular flexibility index (Phi) is 3.87. The lowest BCUT2D eigenvalue weighted by molar-refractivity contribution is -0.157. The number of nitrogens with zero attached hydrogens (tertiary/aromatic N) is 4. The highest BCUT2D eigenvalue weighted by atomic mass is 79.9. The number of fused-ring (bicyclic) bond motifs is 1. The van der Waals surface area contributed by atoms with Gasteiger partial charge in [0.1, 0.15) is 12.1 Å². The molecule has 0 aromatic rings. The summed E-state index contributed by atoms with van der Waals surface area (Å²) >= 11 is 3.17. The molecule has 2 aliphatic rings. The van der Waals surface area contributed by atoms with Crippen LogP contribution >= 0.6 is 15.9 Å². The summed E-state index contributed by atoms with van der Waals surface area (Å²) in [4.78, 5) is 46.1. The largest absolute Gasteiger partial charge is 0.459 e. The van der Waals surface area contributed by atoms with Crippen LogP contribution in [0.4, 0.5) is 4.79 Å². The predicted octanol–water partition coefficient (Wildman–Crippen LogP) is 0.754. The van der Waals surface area contributed by atoms with Gasteiger partial charge in [0.2, 0.25) is 0 Å². The Bertz CT molecular complexity index is 578. The molecule has 2 heterocycles. The molecular weight excluding hydrogens is 344 g/mol. The van der Waals surface area contributed by atoms with Gasteiger partial charge in [-0.2, -0.15) is 4.99 Å². The van der Waals surface area contributed by atoms with E-state index in [1.165, 1.54) is 4.90 Å². The van der Waals surface area contributed by atoms with Crippen molar-refractivity contribution in [1.82, 2.24) is 9.80 Å².